The highest BCUT2D eigenvalue weighted by Crippen LogP contribution is 2.56. The minimum atomic E-state index is -0.441. The Morgan fingerprint density at radius 3 is 2.52 bits per heavy atom. The van der Waals surface area contributed by atoms with E-state index in [2.05, 4.69) is 15.7 Å². The molecule has 5 fully saturated rings. The van der Waals surface area contributed by atoms with Gasteiger partial charge in [-0.1, -0.05) is 0 Å². The van der Waals surface area contributed by atoms with Gasteiger partial charge in [0.05, 0.1) is 11.9 Å². The molecule has 1 saturated heterocycles. The summed E-state index contributed by atoms with van der Waals surface area (Å²) in [5.41, 5.74) is 0.792. The van der Waals surface area contributed by atoms with Crippen molar-refractivity contribution in [2.45, 2.75) is 44.6 Å². The normalized spacial score (nSPS) is 37.1. The molecule has 3 amide bonds. The Balaban J connectivity index is 1.13. The van der Waals surface area contributed by atoms with Gasteiger partial charge in [-0.3, -0.25) is 9.48 Å². The molecule has 4 bridgehead atoms. The second-order valence-electron chi connectivity index (χ2n) is 9.15. The molecular weight excluding hydrogens is 342 g/mol. The summed E-state index contributed by atoms with van der Waals surface area (Å²) in [5.74, 6) is 4.09. The van der Waals surface area contributed by atoms with Crippen molar-refractivity contribution in [1.29, 1.82) is 0 Å². The molecule has 0 radical (unpaired) electrons. The van der Waals surface area contributed by atoms with Crippen LogP contribution in [0.4, 0.5) is 10.5 Å². The topological polar surface area (TPSA) is 79.3 Å². The Bertz CT molecular complexity index is 716. The predicted molar refractivity (Wildman–Crippen MR) is 101 cm³/mol. The zero-order valence-corrected chi connectivity index (χ0v) is 15.9. The smallest absolute Gasteiger partial charge is 0.315 e. The van der Waals surface area contributed by atoms with Crippen LogP contribution in [-0.4, -0.2) is 40.9 Å². The number of nitrogens with one attached hydrogen (secondary N) is 2. The van der Waals surface area contributed by atoms with Crippen molar-refractivity contribution in [3.8, 4) is 0 Å². The van der Waals surface area contributed by atoms with Crippen LogP contribution in [0.15, 0.2) is 12.4 Å². The van der Waals surface area contributed by atoms with Gasteiger partial charge in [0.2, 0.25) is 5.91 Å². The molecule has 27 heavy (non-hydrogen) atoms. The molecule has 6 rings (SSSR count). The van der Waals surface area contributed by atoms with E-state index in [-0.39, 0.29) is 11.9 Å². The van der Waals surface area contributed by atoms with Gasteiger partial charge in [-0.05, 0) is 68.1 Å². The third kappa shape index (κ3) is 3.11. The summed E-state index contributed by atoms with van der Waals surface area (Å²) < 4.78 is 1.68. The van der Waals surface area contributed by atoms with Gasteiger partial charge < -0.3 is 15.5 Å². The molecule has 7 nitrogen and oxygen atoms in total. The summed E-state index contributed by atoms with van der Waals surface area (Å²) in [6.45, 7) is 1.37. The summed E-state index contributed by atoms with van der Waals surface area (Å²) >= 11 is 0. The van der Waals surface area contributed by atoms with Crippen LogP contribution in [0.1, 0.15) is 38.5 Å². The molecule has 1 aliphatic heterocycles. The highest BCUT2D eigenvalue weighted by Gasteiger charge is 2.48. The van der Waals surface area contributed by atoms with Crippen LogP contribution in [0, 0.1) is 29.6 Å². The van der Waals surface area contributed by atoms with Gasteiger partial charge in [-0.25, -0.2) is 4.79 Å². The van der Waals surface area contributed by atoms with E-state index in [0.717, 1.165) is 35.9 Å². The predicted octanol–water partition coefficient (Wildman–Crippen LogP) is 1.90. The summed E-state index contributed by atoms with van der Waals surface area (Å²) in [6, 6.07) is -0.640. The van der Waals surface area contributed by atoms with Crippen molar-refractivity contribution in [2.75, 3.05) is 18.0 Å². The minimum Gasteiger partial charge on any atom is -0.338 e. The van der Waals surface area contributed by atoms with Crippen molar-refractivity contribution in [1.82, 2.24) is 20.4 Å². The fraction of sp³-hybridized carbons (Fsp3) is 0.750. The van der Waals surface area contributed by atoms with Crippen LogP contribution in [-0.2, 0) is 11.8 Å². The molecule has 1 unspecified atom stereocenters. The van der Waals surface area contributed by atoms with Gasteiger partial charge in [0.1, 0.15) is 6.04 Å². The van der Waals surface area contributed by atoms with Crippen LogP contribution in [0.3, 0.4) is 0 Å². The summed E-state index contributed by atoms with van der Waals surface area (Å²) in [7, 11) is 1.83. The standard InChI is InChI=1S/C20H29N5O2/c1-24-11-16(9-22-24)25-3-2-18(19(25)26)23-20(27)21-10-17-14-5-12-4-13(7-14)8-15(17)6-12/h9,11-15,17-18H,2-8,10H2,1H3,(H2,21,23,27). The number of hydrogen-bond acceptors (Lipinski definition) is 3. The monoisotopic (exact) mass is 371 g/mol. The quantitative estimate of drug-likeness (QED) is 0.848. The van der Waals surface area contributed by atoms with Gasteiger partial charge in [0, 0.05) is 26.3 Å². The average Bonchev–Trinajstić information content (AvgIpc) is 3.20. The lowest BCUT2D eigenvalue weighted by atomic mass is 9.52. The number of carbonyl (C=O) groups excluding carboxylic acids is 2. The van der Waals surface area contributed by atoms with E-state index in [1.807, 2.05) is 13.2 Å². The number of carbonyl (C=O) groups is 2. The SMILES string of the molecule is Cn1cc(N2CCC(NC(=O)NCC3C4CC5CC(C4)CC3C5)C2=O)cn1. The Hall–Kier alpha value is -2.05. The van der Waals surface area contributed by atoms with Gasteiger partial charge in [0.15, 0.2) is 0 Å². The number of urea groups is 1. The van der Waals surface area contributed by atoms with Crippen molar-refractivity contribution in [2.24, 2.45) is 36.6 Å². The first-order valence-corrected chi connectivity index (χ1v) is 10.4. The Kier molecular flexibility index (Phi) is 4.13. The molecule has 5 aliphatic rings. The van der Waals surface area contributed by atoms with E-state index in [4.69, 9.17) is 0 Å². The first-order valence-electron chi connectivity index (χ1n) is 10.4. The lowest BCUT2D eigenvalue weighted by molar-refractivity contribution is -0.118. The molecule has 4 saturated carbocycles. The van der Waals surface area contributed by atoms with Crippen LogP contribution >= 0.6 is 0 Å². The lowest BCUT2D eigenvalue weighted by Gasteiger charge is -2.54. The second kappa shape index (κ2) is 6.53. The number of aromatic nitrogens is 2. The van der Waals surface area contributed by atoms with Crippen LogP contribution in [0.2, 0.25) is 0 Å². The number of nitrogens with zero attached hydrogens (tertiary/aromatic N) is 3. The maximum Gasteiger partial charge on any atom is 0.315 e. The van der Waals surface area contributed by atoms with Crippen LogP contribution < -0.4 is 15.5 Å². The molecule has 2 heterocycles. The lowest BCUT2D eigenvalue weighted by Crippen LogP contribution is -2.52. The molecule has 1 aromatic heterocycles. The molecular formula is C20H29N5O2. The van der Waals surface area contributed by atoms with E-state index < -0.39 is 6.04 Å². The Morgan fingerprint density at radius 1 is 1.19 bits per heavy atom. The zero-order valence-electron chi connectivity index (χ0n) is 15.9. The van der Waals surface area contributed by atoms with Crippen molar-refractivity contribution in [3.63, 3.8) is 0 Å². The Morgan fingerprint density at radius 2 is 1.89 bits per heavy atom. The van der Waals surface area contributed by atoms with Gasteiger partial charge in [-0.2, -0.15) is 5.10 Å². The largest absolute Gasteiger partial charge is 0.338 e. The number of hydrogen-bond donors (Lipinski definition) is 2. The van der Waals surface area contributed by atoms with Crippen LogP contribution in [0.5, 0.6) is 0 Å². The van der Waals surface area contributed by atoms with Crippen molar-refractivity contribution >= 4 is 17.6 Å². The zero-order chi connectivity index (χ0) is 18.5. The van der Waals surface area contributed by atoms with Gasteiger partial charge in [-0.15, -0.1) is 0 Å². The molecule has 1 atom stereocenters. The minimum absolute atomic E-state index is 0.0484. The molecule has 7 heteroatoms. The first kappa shape index (κ1) is 17.1. The van der Waals surface area contributed by atoms with E-state index in [1.165, 1.54) is 32.1 Å². The maximum absolute atomic E-state index is 12.6. The van der Waals surface area contributed by atoms with Gasteiger partial charge >= 0.3 is 6.03 Å². The third-order valence-corrected chi connectivity index (χ3v) is 7.43. The van der Waals surface area contributed by atoms with E-state index in [9.17, 15) is 9.59 Å². The van der Waals surface area contributed by atoms with Crippen molar-refractivity contribution < 1.29 is 9.59 Å². The molecule has 2 N–H and O–H groups in total. The number of aryl methyl sites for hydroxylation is 1. The van der Waals surface area contributed by atoms with Crippen molar-refractivity contribution in [3.05, 3.63) is 12.4 Å². The highest BCUT2D eigenvalue weighted by atomic mass is 16.2. The fourth-order valence-electron chi connectivity index (χ4n) is 6.41. The molecule has 146 valence electrons. The summed E-state index contributed by atoms with van der Waals surface area (Å²) in [4.78, 5) is 26.7. The highest BCUT2D eigenvalue weighted by molar-refractivity contribution is 6.01. The molecule has 4 aliphatic carbocycles. The number of rotatable bonds is 4. The summed E-state index contributed by atoms with van der Waals surface area (Å²) in [6.07, 6.45) is 11.1. The van der Waals surface area contributed by atoms with E-state index in [0.29, 0.717) is 18.9 Å². The Labute approximate surface area is 159 Å². The van der Waals surface area contributed by atoms with Crippen LogP contribution in [0.25, 0.3) is 0 Å². The first-order chi connectivity index (χ1) is 13.1. The fourth-order valence-corrected chi connectivity index (χ4v) is 6.41. The maximum atomic E-state index is 12.6. The van der Waals surface area contributed by atoms with E-state index >= 15 is 0 Å². The summed E-state index contributed by atoms with van der Waals surface area (Å²) in [5, 5.41) is 10.1. The molecule has 1 aromatic rings. The number of anilines is 1. The number of amides is 3. The van der Waals surface area contributed by atoms with E-state index in [1.54, 1.807) is 15.8 Å². The second-order valence-corrected chi connectivity index (χ2v) is 9.15. The molecule has 0 aromatic carbocycles. The average molecular weight is 371 g/mol. The third-order valence-electron chi connectivity index (χ3n) is 7.43. The molecule has 0 spiro atoms. The van der Waals surface area contributed by atoms with Gasteiger partial charge in [0.25, 0.3) is 0 Å².